The van der Waals surface area contributed by atoms with Crippen LogP contribution in [0.2, 0.25) is 5.02 Å². The molecule has 0 saturated carbocycles. The molecular weight excluding hydrogens is 356 g/mol. The highest BCUT2D eigenvalue weighted by atomic mass is 35.5. The minimum Gasteiger partial charge on any atom is -0.492 e. The third-order valence-electron chi connectivity index (χ3n) is 4.26. The number of nitrogens with one attached hydrogen (secondary N) is 1. The maximum atomic E-state index is 12.5. The lowest BCUT2D eigenvalue weighted by molar-refractivity contribution is -0.126. The molecule has 3 rings (SSSR count). The molecule has 1 aliphatic rings. The van der Waals surface area contributed by atoms with E-state index in [0.29, 0.717) is 31.3 Å². The first-order chi connectivity index (χ1) is 12.7. The molecular formula is C18H23ClN4O3. The molecule has 26 heavy (non-hydrogen) atoms. The number of hydrogen-bond acceptors (Lipinski definition) is 5. The van der Waals surface area contributed by atoms with Gasteiger partial charge in [-0.1, -0.05) is 11.6 Å². The Labute approximate surface area is 157 Å². The van der Waals surface area contributed by atoms with Crippen molar-refractivity contribution in [2.45, 2.75) is 12.6 Å². The lowest BCUT2D eigenvalue weighted by atomic mass is 10.1. The fourth-order valence-electron chi connectivity index (χ4n) is 2.94. The van der Waals surface area contributed by atoms with E-state index in [1.165, 1.54) is 0 Å². The number of carbonyl (C=O) groups is 1. The predicted molar refractivity (Wildman–Crippen MR) is 98.4 cm³/mol. The zero-order chi connectivity index (χ0) is 18.4. The van der Waals surface area contributed by atoms with Crippen molar-refractivity contribution in [3.8, 4) is 5.75 Å². The predicted octanol–water partition coefficient (Wildman–Crippen LogP) is 1.73. The summed E-state index contributed by atoms with van der Waals surface area (Å²) < 4.78 is 12.6. The van der Waals surface area contributed by atoms with Crippen LogP contribution < -0.4 is 10.1 Å². The largest absolute Gasteiger partial charge is 0.492 e. The molecule has 1 unspecified atom stereocenters. The SMILES string of the molecule is COCCNC(=O)C1CN(CCOc2ccc(Cl)cc2)Cc2ccnn21. The number of amides is 1. The second-order valence-corrected chi connectivity index (χ2v) is 6.54. The van der Waals surface area contributed by atoms with Crippen molar-refractivity contribution < 1.29 is 14.3 Å². The number of halogens is 1. The molecule has 1 aromatic carbocycles. The maximum Gasteiger partial charge on any atom is 0.246 e. The van der Waals surface area contributed by atoms with Crippen LogP contribution in [0, 0.1) is 0 Å². The van der Waals surface area contributed by atoms with Gasteiger partial charge in [0.25, 0.3) is 0 Å². The summed E-state index contributed by atoms with van der Waals surface area (Å²) in [5.41, 5.74) is 1.02. The Morgan fingerprint density at radius 2 is 2.12 bits per heavy atom. The van der Waals surface area contributed by atoms with Gasteiger partial charge in [-0.05, 0) is 30.3 Å². The van der Waals surface area contributed by atoms with Crippen LogP contribution in [-0.2, 0) is 16.1 Å². The number of nitrogens with zero attached hydrogens (tertiary/aromatic N) is 3. The second kappa shape index (κ2) is 9.02. The van der Waals surface area contributed by atoms with Crippen LogP contribution in [0.25, 0.3) is 0 Å². The Morgan fingerprint density at radius 3 is 2.88 bits per heavy atom. The third-order valence-corrected chi connectivity index (χ3v) is 4.51. The standard InChI is InChI=1S/C18H23ClN4O3/c1-25-10-8-20-18(24)17-13-22(12-15-6-7-21-23(15)17)9-11-26-16-4-2-14(19)3-5-16/h2-7,17H,8-13H2,1H3,(H,20,24). The first-order valence-electron chi connectivity index (χ1n) is 8.57. The van der Waals surface area contributed by atoms with Gasteiger partial charge in [-0.25, -0.2) is 0 Å². The summed E-state index contributed by atoms with van der Waals surface area (Å²) in [6.07, 6.45) is 1.73. The minimum absolute atomic E-state index is 0.0460. The fourth-order valence-corrected chi connectivity index (χ4v) is 3.07. The zero-order valence-corrected chi connectivity index (χ0v) is 15.5. The van der Waals surface area contributed by atoms with E-state index in [4.69, 9.17) is 21.1 Å². The van der Waals surface area contributed by atoms with Crippen molar-refractivity contribution in [3.05, 3.63) is 47.2 Å². The van der Waals surface area contributed by atoms with Gasteiger partial charge >= 0.3 is 0 Å². The Balaban J connectivity index is 1.56. The number of carbonyl (C=O) groups excluding carboxylic acids is 1. The van der Waals surface area contributed by atoms with E-state index in [-0.39, 0.29) is 11.9 Å². The molecule has 1 aromatic heterocycles. The van der Waals surface area contributed by atoms with Crippen molar-refractivity contribution in [3.63, 3.8) is 0 Å². The van der Waals surface area contributed by atoms with Gasteiger partial charge in [0.15, 0.2) is 0 Å². The van der Waals surface area contributed by atoms with Crippen molar-refractivity contribution >= 4 is 17.5 Å². The minimum atomic E-state index is -0.346. The third kappa shape index (κ3) is 4.75. The lowest BCUT2D eigenvalue weighted by Gasteiger charge is -2.33. The lowest BCUT2D eigenvalue weighted by Crippen LogP contribution is -2.46. The Hall–Kier alpha value is -2.09. The Morgan fingerprint density at radius 1 is 1.31 bits per heavy atom. The number of fused-ring (bicyclic) bond motifs is 1. The van der Waals surface area contributed by atoms with Crippen molar-refractivity contribution in [2.75, 3.05) is 40.0 Å². The summed E-state index contributed by atoms with van der Waals surface area (Å²) in [5, 5.41) is 7.89. The number of benzene rings is 1. The highest BCUT2D eigenvalue weighted by Crippen LogP contribution is 2.21. The monoisotopic (exact) mass is 378 g/mol. The number of methoxy groups -OCH3 is 1. The van der Waals surface area contributed by atoms with E-state index in [2.05, 4.69) is 15.3 Å². The van der Waals surface area contributed by atoms with Crippen LogP contribution in [0.15, 0.2) is 36.5 Å². The van der Waals surface area contributed by atoms with Crippen LogP contribution in [0.1, 0.15) is 11.7 Å². The molecule has 1 amide bonds. The van der Waals surface area contributed by atoms with Crippen molar-refractivity contribution in [2.24, 2.45) is 0 Å². The number of rotatable bonds is 8. The van der Waals surface area contributed by atoms with Gasteiger partial charge in [0.05, 0.1) is 12.3 Å². The molecule has 1 N–H and O–H groups in total. The van der Waals surface area contributed by atoms with Gasteiger partial charge in [0.2, 0.25) is 5.91 Å². The highest BCUT2D eigenvalue weighted by Gasteiger charge is 2.30. The molecule has 8 heteroatoms. The smallest absolute Gasteiger partial charge is 0.246 e. The molecule has 0 spiro atoms. The summed E-state index contributed by atoms with van der Waals surface area (Å²) in [5.74, 6) is 0.737. The number of hydrogen-bond donors (Lipinski definition) is 1. The van der Waals surface area contributed by atoms with E-state index in [1.54, 1.807) is 30.1 Å². The van der Waals surface area contributed by atoms with E-state index in [9.17, 15) is 4.79 Å². The second-order valence-electron chi connectivity index (χ2n) is 6.10. The Kier molecular flexibility index (Phi) is 6.49. The van der Waals surface area contributed by atoms with Crippen LogP contribution in [0.4, 0.5) is 0 Å². The molecule has 0 aliphatic carbocycles. The quantitative estimate of drug-likeness (QED) is 0.708. The summed E-state index contributed by atoms with van der Waals surface area (Å²) >= 11 is 5.88. The van der Waals surface area contributed by atoms with Crippen molar-refractivity contribution in [1.82, 2.24) is 20.0 Å². The van der Waals surface area contributed by atoms with E-state index < -0.39 is 0 Å². The molecule has 1 aliphatic heterocycles. The average molecular weight is 379 g/mol. The molecule has 2 aromatic rings. The van der Waals surface area contributed by atoms with Gasteiger partial charge in [-0.3, -0.25) is 14.4 Å². The molecule has 7 nitrogen and oxygen atoms in total. The summed E-state index contributed by atoms with van der Waals surface area (Å²) in [4.78, 5) is 14.7. The van der Waals surface area contributed by atoms with Gasteiger partial charge in [-0.2, -0.15) is 5.10 Å². The molecule has 0 bridgehead atoms. The van der Waals surface area contributed by atoms with Crippen LogP contribution in [0.5, 0.6) is 5.75 Å². The first kappa shape index (κ1) is 18.7. The number of aromatic nitrogens is 2. The summed E-state index contributed by atoms with van der Waals surface area (Å²) in [6.45, 7) is 3.57. The van der Waals surface area contributed by atoms with E-state index in [0.717, 1.165) is 24.5 Å². The van der Waals surface area contributed by atoms with Gasteiger partial charge in [0, 0.05) is 44.5 Å². The molecule has 0 radical (unpaired) electrons. The molecule has 140 valence electrons. The molecule has 2 heterocycles. The van der Waals surface area contributed by atoms with Gasteiger partial charge in [-0.15, -0.1) is 0 Å². The van der Waals surface area contributed by atoms with Crippen LogP contribution in [0.3, 0.4) is 0 Å². The molecule has 1 atom stereocenters. The summed E-state index contributed by atoms with van der Waals surface area (Å²) in [6, 6.07) is 8.90. The highest BCUT2D eigenvalue weighted by molar-refractivity contribution is 6.30. The van der Waals surface area contributed by atoms with Crippen LogP contribution in [-0.4, -0.2) is 60.5 Å². The first-order valence-corrected chi connectivity index (χ1v) is 8.95. The van der Waals surface area contributed by atoms with E-state index >= 15 is 0 Å². The van der Waals surface area contributed by atoms with Gasteiger partial charge < -0.3 is 14.8 Å². The van der Waals surface area contributed by atoms with E-state index in [1.807, 2.05) is 18.2 Å². The molecule has 0 fully saturated rings. The normalized spacial score (nSPS) is 16.9. The fraction of sp³-hybridized carbons (Fsp3) is 0.444. The average Bonchev–Trinajstić information content (AvgIpc) is 3.11. The molecule has 0 saturated heterocycles. The zero-order valence-electron chi connectivity index (χ0n) is 14.7. The topological polar surface area (TPSA) is 68.6 Å². The van der Waals surface area contributed by atoms with Crippen LogP contribution >= 0.6 is 11.6 Å². The number of ether oxygens (including phenoxy) is 2. The van der Waals surface area contributed by atoms with Gasteiger partial charge in [0.1, 0.15) is 18.4 Å². The van der Waals surface area contributed by atoms with Crippen molar-refractivity contribution in [1.29, 1.82) is 0 Å². The summed E-state index contributed by atoms with van der Waals surface area (Å²) in [7, 11) is 1.61. The Bertz CT molecular complexity index is 719. The maximum absolute atomic E-state index is 12.5.